The Labute approximate surface area is 215 Å². The standard InChI is InChI=1S/C25H32N4O4S2/c1-6-33-24(32)17-8-10-28(11-9-17)21-18(16(4)19(14-26)22(30)27(21)5)13-20-23(31)29(25(34)35-20)12-7-15(2)3/h13,15,17H,6-12H2,1-5H3/b20-13-. The van der Waals surface area contributed by atoms with Gasteiger partial charge in [-0.15, -0.1) is 0 Å². The van der Waals surface area contributed by atoms with Gasteiger partial charge < -0.3 is 9.64 Å². The van der Waals surface area contributed by atoms with Crippen molar-refractivity contribution < 1.29 is 14.3 Å². The highest BCUT2D eigenvalue weighted by Crippen LogP contribution is 2.36. The molecule has 35 heavy (non-hydrogen) atoms. The summed E-state index contributed by atoms with van der Waals surface area (Å²) in [5.74, 6) is 0.559. The van der Waals surface area contributed by atoms with E-state index in [0.717, 1.165) is 6.42 Å². The van der Waals surface area contributed by atoms with Crippen molar-refractivity contribution in [3.05, 3.63) is 31.9 Å². The molecule has 1 amide bonds. The van der Waals surface area contributed by atoms with E-state index in [1.54, 1.807) is 31.9 Å². The summed E-state index contributed by atoms with van der Waals surface area (Å²) in [5, 5.41) is 9.66. The largest absolute Gasteiger partial charge is 0.466 e. The molecule has 188 valence electrons. The number of ether oxygens (including phenoxy) is 1. The van der Waals surface area contributed by atoms with Gasteiger partial charge in [-0.05, 0) is 50.7 Å². The summed E-state index contributed by atoms with van der Waals surface area (Å²) >= 11 is 6.72. The summed E-state index contributed by atoms with van der Waals surface area (Å²) in [4.78, 5) is 42.5. The molecule has 0 N–H and O–H groups in total. The lowest BCUT2D eigenvalue weighted by Gasteiger charge is -2.35. The van der Waals surface area contributed by atoms with E-state index >= 15 is 0 Å². The van der Waals surface area contributed by atoms with E-state index in [1.807, 2.05) is 6.07 Å². The minimum absolute atomic E-state index is 0.0548. The molecule has 0 aliphatic carbocycles. The summed E-state index contributed by atoms with van der Waals surface area (Å²) in [5.41, 5.74) is 0.863. The van der Waals surface area contributed by atoms with Gasteiger partial charge in [-0.3, -0.25) is 23.9 Å². The van der Waals surface area contributed by atoms with Crippen LogP contribution in [0.4, 0.5) is 5.82 Å². The number of nitrogens with zero attached hydrogens (tertiary/aromatic N) is 4. The van der Waals surface area contributed by atoms with E-state index in [-0.39, 0.29) is 28.9 Å². The molecule has 1 aromatic heterocycles. The number of thioether (sulfide) groups is 1. The first kappa shape index (κ1) is 27.0. The van der Waals surface area contributed by atoms with Crippen LogP contribution in [0.2, 0.25) is 0 Å². The van der Waals surface area contributed by atoms with Crippen molar-refractivity contribution in [1.29, 1.82) is 5.26 Å². The second-order valence-corrected chi connectivity index (χ2v) is 10.9. The molecule has 2 aliphatic heterocycles. The van der Waals surface area contributed by atoms with Gasteiger partial charge in [-0.2, -0.15) is 5.26 Å². The third kappa shape index (κ3) is 5.62. The van der Waals surface area contributed by atoms with Crippen LogP contribution in [0.25, 0.3) is 6.08 Å². The molecule has 0 radical (unpaired) electrons. The van der Waals surface area contributed by atoms with Crippen molar-refractivity contribution in [2.45, 2.75) is 47.0 Å². The Hall–Kier alpha value is -2.64. The maximum absolute atomic E-state index is 13.2. The Morgan fingerprint density at radius 2 is 1.97 bits per heavy atom. The zero-order valence-electron chi connectivity index (χ0n) is 20.9. The first-order valence-corrected chi connectivity index (χ1v) is 13.1. The summed E-state index contributed by atoms with van der Waals surface area (Å²) in [6.07, 6.45) is 3.81. The molecule has 3 heterocycles. The first-order valence-electron chi connectivity index (χ1n) is 11.9. The molecular weight excluding hydrogens is 484 g/mol. The molecule has 3 rings (SSSR count). The van der Waals surface area contributed by atoms with Crippen LogP contribution in [0, 0.1) is 30.1 Å². The third-order valence-electron chi connectivity index (χ3n) is 6.46. The number of esters is 1. The van der Waals surface area contributed by atoms with Gasteiger partial charge in [0.25, 0.3) is 11.5 Å². The number of thiocarbonyl (C=S) groups is 1. The highest BCUT2D eigenvalue weighted by atomic mass is 32.2. The zero-order valence-corrected chi connectivity index (χ0v) is 22.6. The number of rotatable bonds is 7. The van der Waals surface area contributed by atoms with Crippen molar-refractivity contribution >= 4 is 52.1 Å². The summed E-state index contributed by atoms with van der Waals surface area (Å²) in [6.45, 7) is 9.74. The number of anilines is 1. The Morgan fingerprint density at radius 3 is 2.54 bits per heavy atom. The normalized spacial score (nSPS) is 18.0. The Kier molecular flexibility index (Phi) is 8.78. The van der Waals surface area contributed by atoms with E-state index in [0.29, 0.717) is 71.2 Å². The molecule has 0 saturated carbocycles. The minimum atomic E-state index is -0.380. The average molecular weight is 517 g/mol. The number of piperidine rings is 1. The highest BCUT2D eigenvalue weighted by molar-refractivity contribution is 8.26. The molecule has 2 aliphatic rings. The molecule has 0 bridgehead atoms. The van der Waals surface area contributed by atoms with Gasteiger partial charge >= 0.3 is 5.97 Å². The number of pyridine rings is 1. The van der Waals surface area contributed by atoms with Crippen molar-refractivity contribution in [2.24, 2.45) is 18.9 Å². The number of aromatic nitrogens is 1. The molecule has 8 nitrogen and oxygen atoms in total. The fourth-order valence-corrected chi connectivity index (χ4v) is 5.68. The zero-order chi connectivity index (χ0) is 25.9. The van der Waals surface area contributed by atoms with Crippen molar-refractivity contribution in [2.75, 3.05) is 31.1 Å². The van der Waals surface area contributed by atoms with Gasteiger partial charge in [-0.25, -0.2) is 0 Å². The van der Waals surface area contributed by atoms with Crippen LogP contribution in [0.5, 0.6) is 0 Å². The molecule has 10 heteroatoms. The topological polar surface area (TPSA) is 95.6 Å². The maximum Gasteiger partial charge on any atom is 0.309 e. The van der Waals surface area contributed by atoms with Crippen LogP contribution < -0.4 is 10.5 Å². The van der Waals surface area contributed by atoms with Crippen molar-refractivity contribution in [3.8, 4) is 6.07 Å². The third-order valence-corrected chi connectivity index (χ3v) is 7.84. The maximum atomic E-state index is 13.2. The molecule has 2 saturated heterocycles. The Balaban J connectivity index is 2.01. The fraction of sp³-hybridized carbons (Fsp3) is 0.560. The fourth-order valence-electron chi connectivity index (χ4n) is 4.39. The van der Waals surface area contributed by atoms with Crippen LogP contribution in [-0.2, 0) is 21.4 Å². The molecule has 0 unspecified atom stereocenters. The smallest absolute Gasteiger partial charge is 0.309 e. The number of amides is 1. The lowest BCUT2D eigenvalue weighted by molar-refractivity contribution is -0.148. The number of carbonyl (C=O) groups is 2. The quantitative estimate of drug-likeness (QED) is 0.308. The summed E-state index contributed by atoms with van der Waals surface area (Å²) < 4.78 is 7.17. The van der Waals surface area contributed by atoms with Crippen LogP contribution >= 0.6 is 24.0 Å². The van der Waals surface area contributed by atoms with Gasteiger partial charge in [-0.1, -0.05) is 37.8 Å². The van der Waals surface area contributed by atoms with Crippen LogP contribution in [0.3, 0.4) is 0 Å². The molecule has 0 atom stereocenters. The second kappa shape index (κ2) is 11.4. The second-order valence-electron chi connectivity index (χ2n) is 9.24. The Bertz CT molecular complexity index is 1160. The molecule has 0 aromatic carbocycles. The van der Waals surface area contributed by atoms with Crippen molar-refractivity contribution in [3.63, 3.8) is 0 Å². The van der Waals surface area contributed by atoms with Crippen LogP contribution in [0.15, 0.2) is 9.70 Å². The lowest BCUT2D eigenvalue weighted by atomic mass is 9.95. The first-order chi connectivity index (χ1) is 16.6. The van der Waals surface area contributed by atoms with E-state index in [4.69, 9.17) is 17.0 Å². The van der Waals surface area contributed by atoms with E-state index in [1.165, 1.54) is 16.3 Å². The predicted molar refractivity (Wildman–Crippen MR) is 142 cm³/mol. The summed E-state index contributed by atoms with van der Waals surface area (Å²) in [6, 6.07) is 2.03. The SMILES string of the molecule is CCOC(=O)C1CCN(c2c(/C=C3\SC(=S)N(CCC(C)C)C3=O)c(C)c(C#N)c(=O)n2C)CC1. The highest BCUT2D eigenvalue weighted by Gasteiger charge is 2.34. The Morgan fingerprint density at radius 1 is 1.31 bits per heavy atom. The molecule has 0 spiro atoms. The molecule has 1 aromatic rings. The average Bonchev–Trinajstić information content (AvgIpc) is 3.09. The van der Waals surface area contributed by atoms with Gasteiger partial charge in [0.05, 0.1) is 17.4 Å². The van der Waals surface area contributed by atoms with Crippen LogP contribution in [0.1, 0.15) is 56.7 Å². The van der Waals surface area contributed by atoms with Gasteiger partial charge in [0.2, 0.25) is 0 Å². The number of carbonyl (C=O) groups excluding carboxylic acids is 2. The molecular formula is C25H32N4O4S2. The van der Waals surface area contributed by atoms with Crippen LogP contribution in [-0.4, -0.2) is 51.9 Å². The number of nitriles is 1. The lowest BCUT2D eigenvalue weighted by Crippen LogP contribution is -2.40. The summed E-state index contributed by atoms with van der Waals surface area (Å²) in [7, 11) is 1.64. The van der Waals surface area contributed by atoms with E-state index < -0.39 is 0 Å². The monoisotopic (exact) mass is 516 g/mol. The number of hydrogen-bond acceptors (Lipinski definition) is 8. The minimum Gasteiger partial charge on any atom is -0.466 e. The van der Waals surface area contributed by atoms with Gasteiger partial charge in [0.1, 0.15) is 21.8 Å². The van der Waals surface area contributed by atoms with Gasteiger partial charge in [0, 0.05) is 32.2 Å². The molecule has 2 fully saturated rings. The van der Waals surface area contributed by atoms with Crippen molar-refractivity contribution in [1.82, 2.24) is 9.47 Å². The van der Waals surface area contributed by atoms with Gasteiger partial charge in [0.15, 0.2) is 0 Å². The predicted octanol–water partition coefficient (Wildman–Crippen LogP) is 3.59. The number of hydrogen-bond donors (Lipinski definition) is 0. The van der Waals surface area contributed by atoms with E-state index in [9.17, 15) is 19.6 Å². The van der Waals surface area contributed by atoms with E-state index in [2.05, 4.69) is 18.7 Å².